The van der Waals surface area contributed by atoms with Crippen molar-refractivity contribution in [2.24, 2.45) is 0 Å². The van der Waals surface area contributed by atoms with Gasteiger partial charge in [-0.25, -0.2) is 4.98 Å². The smallest absolute Gasteiger partial charge is 0.417 e. The fraction of sp³-hybridized carbons (Fsp3) is 0.360. The third kappa shape index (κ3) is 7.92. The number of carbonyl (C=O) groups is 1. The fourth-order valence-electron chi connectivity index (χ4n) is 3.42. The zero-order valence-electron chi connectivity index (χ0n) is 19.9. The number of hydrogen-bond donors (Lipinski definition) is 1. The van der Waals surface area contributed by atoms with Gasteiger partial charge in [-0.15, -0.1) is 11.3 Å². The Hall–Kier alpha value is -2.66. The van der Waals surface area contributed by atoms with Crippen molar-refractivity contribution >= 4 is 34.6 Å². The van der Waals surface area contributed by atoms with Crippen molar-refractivity contribution in [3.63, 3.8) is 0 Å². The molecule has 2 aromatic carbocycles. The number of likely N-dealkylation sites (N-methyl/N-ethyl adjacent to an activating group) is 1. The van der Waals surface area contributed by atoms with E-state index in [9.17, 15) is 18.0 Å². The quantitative estimate of drug-likeness (QED) is 0.222. The summed E-state index contributed by atoms with van der Waals surface area (Å²) in [5.74, 6) is -0.306. The third-order valence-electron chi connectivity index (χ3n) is 5.09. The summed E-state index contributed by atoms with van der Waals surface area (Å²) in [5, 5.41) is 5.54. The molecule has 0 saturated heterocycles. The Labute approximate surface area is 217 Å². The van der Waals surface area contributed by atoms with Crippen molar-refractivity contribution in [3.8, 4) is 21.8 Å². The predicted octanol–water partition coefficient (Wildman–Crippen LogP) is 6.07. The van der Waals surface area contributed by atoms with Gasteiger partial charge in [-0.1, -0.05) is 29.8 Å². The second-order valence-corrected chi connectivity index (χ2v) is 9.15. The van der Waals surface area contributed by atoms with Crippen LogP contribution in [0, 0.1) is 0 Å². The highest BCUT2D eigenvalue weighted by Crippen LogP contribution is 2.43. The molecule has 1 heterocycles. The van der Waals surface area contributed by atoms with Gasteiger partial charge < -0.3 is 14.8 Å². The van der Waals surface area contributed by atoms with Crippen molar-refractivity contribution in [1.29, 1.82) is 0 Å². The van der Waals surface area contributed by atoms with Crippen LogP contribution in [-0.4, -0.2) is 62.4 Å². The summed E-state index contributed by atoms with van der Waals surface area (Å²) in [7, 11) is 1.78. The van der Waals surface area contributed by atoms with E-state index in [1.165, 1.54) is 6.07 Å². The van der Waals surface area contributed by atoms with Gasteiger partial charge in [0.2, 0.25) is 0 Å². The Bertz CT molecular complexity index is 1160. The maximum Gasteiger partial charge on any atom is 0.417 e. The molecule has 1 N–H and O–H groups in total. The lowest BCUT2D eigenvalue weighted by Gasteiger charge is -2.17. The van der Waals surface area contributed by atoms with Crippen LogP contribution < -0.4 is 5.32 Å². The molecule has 0 spiro atoms. The third-order valence-corrected chi connectivity index (χ3v) is 6.19. The normalized spacial score (nSPS) is 11.6. The van der Waals surface area contributed by atoms with Crippen LogP contribution in [0.1, 0.15) is 12.5 Å². The Morgan fingerprint density at radius 1 is 1.19 bits per heavy atom. The number of anilines is 1. The van der Waals surface area contributed by atoms with Crippen molar-refractivity contribution in [2.45, 2.75) is 13.1 Å². The van der Waals surface area contributed by atoms with E-state index in [1.807, 2.05) is 0 Å². The number of alkyl halides is 3. The first-order valence-corrected chi connectivity index (χ1v) is 12.5. The van der Waals surface area contributed by atoms with Crippen LogP contribution in [0.2, 0.25) is 5.02 Å². The minimum Gasteiger partial charge on any atom is -0.465 e. The first-order chi connectivity index (χ1) is 17.2. The van der Waals surface area contributed by atoms with E-state index in [4.69, 9.17) is 21.1 Å². The summed E-state index contributed by atoms with van der Waals surface area (Å²) >= 11 is 7.19. The molecule has 0 aliphatic rings. The highest BCUT2D eigenvalue weighted by molar-refractivity contribution is 7.13. The second kappa shape index (κ2) is 13.0. The SMILES string of the molecule is CCOC(=O)CN(C)CCOCCNc1cccc(C(F)(F)F)c1-c1nc(-c2cccc(Cl)c2)cs1. The Kier molecular flexibility index (Phi) is 10.1. The molecule has 36 heavy (non-hydrogen) atoms. The van der Waals surface area contributed by atoms with Gasteiger partial charge in [-0.3, -0.25) is 9.69 Å². The minimum atomic E-state index is -4.55. The number of rotatable bonds is 12. The molecule has 0 aliphatic heterocycles. The van der Waals surface area contributed by atoms with E-state index in [-0.39, 0.29) is 29.7 Å². The van der Waals surface area contributed by atoms with E-state index in [0.717, 1.165) is 23.0 Å². The lowest BCUT2D eigenvalue weighted by Crippen LogP contribution is -2.30. The topological polar surface area (TPSA) is 63.7 Å². The lowest BCUT2D eigenvalue weighted by atomic mass is 10.0. The van der Waals surface area contributed by atoms with Crippen LogP contribution in [0.5, 0.6) is 0 Å². The summed E-state index contributed by atoms with van der Waals surface area (Å²) in [6, 6.07) is 11.0. The largest absolute Gasteiger partial charge is 0.465 e. The molecule has 3 rings (SSSR count). The second-order valence-electron chi connectivity index (χ2n) is 7.86. The molecule has 11 heteroatoms. The molecule has 3 aromatic rings. The van der Waals surface area contributed by atoms with Crippen LogP contribution in [-0.2, 0) is 20.4 Å². The van der Waals surface area contributed by atoms with Gasteiger partial charge in [0.25, 0.3) is 0 Å². The molecule has 0 aliphatic carbocycles. The summed E-state index contributed by atoms with van der Waals surface area (Å²) in [6.07, 6.45) is -4.55. The minimum absolute atomic E-state index is 0.00236. The van der Waals surface area contributed by atoms with Gasteiger partial charge in [0.05, 0.1) is 37.6 Å². The average molecular weight is 542 g/mol. The van der Waals surface area contributed by atoms with Crippen molar-refractivity contribution < 1.29 is 27.4 Å². The van der Waals surface area contributed by atoms with Crippen molar-refractivity contribution in [3.05, 3.63) is 58.4 Å². The van der Waals surface area contributed by atoms with Crippen LogP contribution in [0.3, 0.4) is 0 Å². The number of benzene rings is 2. The summed E-state index contributed by atoms with van der Waals surface area (Å²) in [6.45, 7) is 3.68. The number of nitrogens with one attached hydrogen (secondary N) is 1. The zero-order valence-corrected chi connectivity index (χ0v) is 21.5. The number of esters is 1. The van der Waals surface area contributed by atoms with Crippen LogP contribution in [0.4, 0.5) is 18.9 Å². The Morgan fingerprint density at radius 3 is 2.69 bits per heavy atom. The number of thiazole rings is 1. The molecule has 0 unspecified atom stereocenters. The molecular formula is C25H27ClF3N3O3S. The molecule has 194 valence electrons. The van der Waals surface area contributed by atoms with Crippen LogP contribution in [0.25, 0.3) is 21.8 Å². The summed E-state index contributed by atoms with van der Waals surface area (Å²) in [4.78, 5) is 17.7. The predicted molar refractivity (Wildman–Crippen MR) is 136 cm³/mol. The van der Waals surface area contributed by atoms with Gasteiger partial charge in [0, 0.05) is 40.3 Å². The maximum atomic E-state index is 13.9. The number of aromatic nitrogens is 1. The van der Waals surface area contributed by atoms with E-state index in [0.29, 0.717) is 42.7 Å². The van der Waals surface area contributed by atoms with E-state index in [1.54, 1.807) is 54.6 Å². The summed E-state index contributed by atoms with van der Waals surface area (Å²) < 4.78 is 52.1. The number of carbonyl (C=O) groups excluding carboxylic acids is 1. The standard InChI is InChI=1S/C25H27ClF3N3O3S/c1-3-35-22(33)15-32(2)11-13-34-12-10-30-20-9-5-8-19(25(27,28)29)23(20)24-31-21(16-36-24)17-6-4-7-18(26)14-17/h4-9,14,16,30H,3,10-13,15H2,1-2H3. The number of hydrogen-bond acceptors (Lipinski definition) is 7. The van der Waals surface area contributed by atoms with Crippen molar-refractivity contribution in [1.82, 2.24) is 9.88 Å². The first-order valence-electron chi connectivity index (χ1n) is 11.3. The van der Waals surface area contributed by atoms with E-state index >= 15 is 0 Å². The van der Waals surface area contributed by atoms with Crippen molar-refractivity contribution in [2.75, 3.05) is 51.8 Å². The number of ether oxygens (including phenoxy) is 2. The maximum absolute atomic E-state index is 13.9. The van der Waals surface area contributed by atoms with Gasteiger partial charge in [-0.2, -0.15) is 13.2 Å². The van der Waals surface area contributed by atoms with E-state index < -0.39 is 11.7 Å². The molecule has 1 aromatic heterocycles. The fourth-order valence-corrected chi connectivity index (χ4v) is 4.51. The monoisotopic (exact) mass is 541 g/mol. The molecule has 0 radical (unpaired) electrons. The highest BCUT2D eigenvalue weighted by atomic mass is 35.5. The molecule has 0 amide bonds. The first kappa shape index (κ1) is 27.9. The van der Waals surface area contributed by atoms with Crippen LogP contribution >= 0.6 is 22.9 Å². The molecule has 0 saturated carbocycles. The number of halogens is 4. The average Bonchev–Trinajstić information content (AvgIpc) is 3.30. The summed E-state index contributed by atoms with van der Waals surface area (Å²) in [5.41, 5.74) is 0.833. The molecule has 0 atom stereocenters. The zero-order chi connectivity index (χ0) is 26.1. The molecule has 0 fully saturated rings. The molecule has 6 nitrogen and oxygen atoms in total. The Balaban J connectivity index is 1.67. The van der Waals surface area contributed by atoms with E-state index in [2.05, 4.69) is 10.3 Å². The van der Waals surface area contributed by atoms with Gasteiger partial charge in [0.1, 0.15) is 5.01 Å². The lowest BCUT2D eigenvalue weighted by molar-refractivity contribution is -0.144. The van der Waals surface area contributed by atoms with Gasteiger partial charge in [0.15, 0.2) is 0 Å². The Morgan fingerprint density at radius 2 is 1.97 bits per heavy atom. The molecular weight excluding hydrogens is 515 g/mol. The number of nitrogens with zero attached hydrogens (tertiary/aromatic N) is 2. The van der Waals surface area contributed by atoms with Gasteiger partial charge in [-0.05, 0) is 38.2 Å². The highest BCUT2D eigenvalue weighted by Gasteiger charge is 2.35. The van der Waals surface area contributed by atoms with Crippen LogP contribution in [0.15, 0.2) is 47.8 Å². The van der Waals surface area contributed by atoms with Gasteiger partial charge >= 0.3 is 12.1 Å². The molecule has 0 bridgehead atoms.